The summed E-state index contributed by atoms with van der Waals surface area (Å²) in [7, 11) is 3.15. The fourth-order valence-corrected chi connectivity index (χ4v) is 1.05. The van der Waals surface area contributed by atoms with E-state index in [1.807, 2.05) is 0 Å². The third-order valence-electron chi connectivity index (χ3n) is 2.08. The van der Waals surface area contributed by atoms with E-state index in [0.29, 0.717) is 0 Å². The molecule has 0 radical (unpaired) electrons. The van der Waals surface area contributed by atoms with Crippen LogP contribution in [-0.4, -0.2) is 66.0 Å². The van der Waals surface area contributed by atoms with Crippen molar-refractivity contribution in [1.29, 1.82) is 0 Å². The number of carbonyl (C=O) groups excluding carboxylic acids is 2. The minimum Gasteiger partial charge on any atom is -0.480 e. The van der Waals surface area contributed by atoms with Crippen LogP contribution in [0.1, 0.15) is 13.8 Å². The molecule has 0 aliphatic heterocycles. The molecular weight excluding hydrogens is 226 g/mol. The summed E-state index contributed by atoms with van der Waals surface area (Å²) in [6.07, 6.45) is 0. The van der Waals surface area contributed by atoms with Gasteiger partial charge in [0.2, 0.25) is 5.91 Å². The van der Waals surface area contributed by atoms with Crippen LogP contribution >= 0.6 is 0 Å². The zero-order valence-electron chi connectivity index (χ0n) is 10.6. The summed E-state index contributed by atoms with van der Waals surface area (Å²) in [5, 5.41) is 11.0. The Bertz CT molecular complexity index is 302. The van der Waals surface area contributed by atoms with Gasteiger partial charge in [0.1, 0.15) is 6.54 Å². The number of nitrogens with one attached hydrogen (secondary N) is 1. The van der Waals surface area contributed by atoms with Gasteiger partial charge in [0.05, 0.1) is 6.54 Å². The van der Waals surface area contributed by atoms with Gasteiger partial charge in [-0.3, -0.25) is 9.59 Å². The average Bonchev–Trinajstić information content (AvgIpc) is 2.21. The van der Waals surface area contributed by atoms with Crippen LogP contribution in [0.25, 0.3) is 0 Å². The van der Waals surface area contributed by atoms with Crippen LogP contribution in [0.4, 0.5) is 4.79 Å². The van der Waals surface area contributed by atoms with Crippen molar-refractivity contribution in [3.05, 3.63) is 0 Å². The van der Waals surface area contributed by atoms with Crippen molar-refractivity contribution in [2.75, 3.05) is 27.2 Å². The number of carboxylic acid groups (broad SMARTS) is 1. The molecule has 0 aromatic carbocycles. The van der Waals surface area contributed by atoms with E-state index in [2.05, 4.69) is 5.32 Å². The Morgan fingerprint density at radius 3 is 2.12 bits per heavy atom. The van der Waals surface area contributed by atoms with Crippen LogP contribution in [0.3, 0.4) is 0 Å². The Balaban J connectivity index is 4.34. The summed E-state index contributed by atoms with van der Waals surface area (Å²) in [6, 6.07) is -0.807. The van der Waals surface area contributed by atoms with Gasteiger partial charge in [-0.2, -0.15) is 0 Å². The predicted octanol–water partition coefficient (Wildman–Crippen LogP) is -0.421. The zero-order valence-corrected chi connectivity index (χ0v) is 10.6. The Hall–Kier alpha value is -1.79. The topological polar surface area (TPSA) is 90.0 Å². The molecule has 0 atom stereocenters. The summed E-state index contributed by atoms with van der Waals surface area (Å²) >= 11 is 0. The van der Waals surface area contributed by atoms with Crippen molar-refractivity contribution >= 4 is 17.9 Å². The van der Waals surface area contributed by atoms with Crippen LogP contribution < -0.4 is 5.32 Å². The largest absolute Gasteiger partial charge is 0.480 e. The van der Waals surface area contributed by atoms with Gasteiger partial charge in [-0.1, -0.05) is 0 Å². The average molecular weight is 245 g/mol. The quantitative estimate of drug-likeness (QED) is 0.688. The number of carbonyl (C=O) groups is 3. The van der Waals surface area contributed by atoms with Crippen molar-refractivity contribution in [3.63, 3.8) is 0 Å². The molecule has 17 heavy (non-hydrogen) atoms. The van der Waals surface area contributed by atoms with Gasteiger partial charge in [-0.15, -0.1) is 0 Å². The lowest BCUT2D eigenvalue weighted by molar-refractivity contribution is -0.138. The van der Waals surface area contributed by atoms with Crippen LogP contribution in [-0.2, 0) is 9.59 Å². The first-order chi connectivity index (χ1) is 7.75. The molecule has 0 saturated heterocycles. The van der Waals surface area contributed by atoms with Crippen LogP contribution in [0, 0.1) is 0 Å². The van der Waals surface area contributed by atoms with Crippen molar-refractivity contribution in [1.82, 2.24) is 15.1 Å². The van der Waals surface area contributed by atoms with Crippen LogP contribution in [0.5, 0.6) is 0 Å². The molecule has 0 rings (SSSR count). The zero-order chi connectivity index (χ0) is 13.6. The first kappa shape index (κ1) is 15.2. The summed E-state index contributed by atoms with van der Waals surface area (Å²) < 4.78 is 0. The number of hydrogen-bond donors (Lipinski definition) is 2. The lowest BCUT2D eigenvalue weighted by Gasteiger charge is -2.25. The lowest BCUT2D eigenvalue weighted by Crippen LogP contribution is -2.48. The fourth-order valence-electron chi connectivity index (χ4n) is 1.05. The standard InChI is InChI=1S/C10H19N3O4/c1-7(2)13(6-9(15)16)10(17)11-5-8(14)12(3)4/h7H,5-6H2,1-4H3,(H,11,17)(H,15,16). The molecule has 0 aromatic rings. The third-order valence-corrected chi connectivity index (χ3v) is 2.08. The highest BCUT2D eigenvalue weighted by Gasteiger charge is 2.20. The van der Waals surface area contributed by atoms with Gasteiger partial charge < -0.3 is 20.2 Å². The molecule has 0 heterocycles. The number of nitrogens with zero attached hydrogens (tertiary/aromatic N) is 2. The number of urea groups is 1. The predicted molar refractivity (Wildman–Crippen MR) is 61.6 cm³/mol. The minimum atomic E-state index is -1.09. The first-order valence-electron chi connectivity index (χ1n) is 5.22. The Morgan fingerprint density at radius 1 is 1.24 bits per heavy atom. The maximum Gasteiger partial charge on any atom is 0.323 e. The smallest absolute Gasteiger partial charge is 0.323 e. The molecule has 3 amide bonds. The van der Waals surface area contributed by atoms with E-state index in [0.717, 1.165) is 4.90 Å². The normalized spacial score (nSPS) is 9.94. The molecule has 0 aromatic heterocycles. The van der Waals surface area contributed by atoms with Gasteiger partial charge >= 0.3 is 12.0 Å². The van der Waals surface area contributed by atoms with E-state index in [1.54, 1.807) is 27.9 Å². The summed E-state index contributed by atoms with van der Waals surface area (Å²) in [5.41, 5.74) is 0. The SMILES string of the molecule is CC(C)N(CC(=O)O)C(=O)NCC(=O)N(C)C. The lowest BCUT2D eigenvalue weighted by atomic mass is 10.3. The Morgan fingerprint density at radius 2 is 1.76 bits per heavy atom. The number of rotatable bonds is 5. The number of hydrogen-bond acceptors (Lipinski definition) is 3. The van der Waals surface area contributed by atoms with E-state index in [9.17, 15) is 14.4 Å². The van der Waals surface area contributed by atoms with E-state index in [1.165, 1.54) is 4.90 Å². The van der Waals surface area contributed by atoms with Gasteiger partial charge in [0, 0.05) is 20.1 Å². The van der Waals surface area contributed by atoms with Crippen LogP contribution in [0.15, 0.2) is 0 Å². The molecule has 98 valence electrons. The van der Waals surface area contributed by atoms with Crippen molar-refractivity contribution in [2.24, 2.45) is 0 Å². The molecule has 7 nitrogen and oxygen atoms in total. The van der Waals surface area contributed by atoms with Gasteiger partial charge in [0.25, 0.3) is 0 Å². The molecule has 0 unspecified atom stereocenters. The summed E-state index contributed by atoms with van der Waals surface area (Å²) in [5.74, 6) is -1.34. The molecule has 0 spiro atoms. The molecule has 0 bridgehead atoms. The molecule has 0 saturated carbocycles. The van der Waals surface area contributed by atoms with Gasteiger partial charge in [-0.25, -0.2) is 4.79 Å². The molecule has 0 fully saturated rings. The molecular formula is C10H19N3O4. The molecule has 0 aliphatic carbocycles. The first-order valence-corrected chi connectivity index (χ1v) is 5.22. The molecule has 0 aliphatic rings. The Kier molecular flexibility index (Phi) is 6.01. The second-order valence-electron chi connectivity index (χ2n) is 4.06. The van der Waals surface area contributed by atoms with E-state index in [-0.39, 0.29) is 25.0 Å². The second kappa shape index (κ2) is 6.72. The van der Waals surface area contributed by atoms with E-state index in [4.69, 9.17) is 5.11 Å². The minimum absolute atomic E-state index is 0.144. The van der Waals surface area contributed by atoms with E-state index >= 15 is 0 Å². The van der Waals surface area contributed by atoms with Crippen molar-refractivity contribution in [2.45, 2.75) is 19.9 Å². The highest BCUT2D eigenvalue weighted by Crippen LogP contribution is 1.98. The van der Waals surface area contributed by atoms with Gasteiger partial charge in [0.15, 0.2) is 0 Å². The Labute approximate surface area is 100 Å². The summed E-state index contributed by atoms with van der Waals surface area (Å²) in [6.45, 7) is 2.88. The number of aliphatic carboxylic acids is 1. The number of likely N-dealkylation sites (N-methyl/N-ethyl adjacent to an activating group) is 1. The van der Waals surface area contributed by atoms with Crippen molar-refractivity contribution in [3.8, 4) is 0 Å². The maximum absolute atomic E-state index is 11.6. The van der Waals surface area contributed by atoms with Crippen LogP contribution in [0.2, 0.25) is 0 Å². The monoisotopic (exact) mass is 245 g/mol. The molecule has 7 heteroatoms. The third kappa shape index (κ3) is 5.74. The highest BCUT2D eigenvalue weighted by atomic mass is 16.4. The van der Waals surface area contributed by atoms with Gasteiger partial charge in [-0.05, 0) is 13.8 Å². The highest BCUT2D eigenvalue weighted by molar-refractivity contribution is 5.85. The molecule has 2 N–H and O–H groups in total. The summed E-state index contributed by atoms with van der Waals surface area (Å²) in [4.78, 5) is 35.9. The second-order valence-corrected chi connectivity index (χ2v) is 4.06. The number of carboxylic acids is 1. The van der Waals surface area contributed by atoms with E-state index < -0.39 is 12.0 Å². The van der Waals surface area contributed by atoms with Crippen molar-refractivity contribution < 1.29 is 19.5 Å². The number of amides is 3. The fraction of sp³-hybridized carbons (Fsp3) is 0.700. The maximum atomic E-state index is 11.6.